The average molecular weight is 607 g/mol. The third-order valence-electron chi connectivity index (χ3n) is 6.96. The van der Waals surface area contributed by atoms with Crippen LogP contribution in [0.25, 0.3) is 0 Å². The van der Waals surface area contributed by atoms with E-state index in [2.05, 4.69) is 13.8 Å². The monoisotopic (exact) mass is 606 g/mol. The summed E-state index contributed by atoms with van der Waals surface area (Å²) in [7, 11) is 0. The quantitative estimate of drug-likeness (QED) is 0.173. The second kappa shape index (κ2) is 18.5. The molecule has 3 N–H and O–H groups in total. The number of hydrogen-bond donors (Lipinski definition) is 3. The van der Waals surface area contributed by atoms with E-state index in [4.69, 9.17) is 24.8 Å². The summed E-state index contributed by atoms with van der Waals surface area (Å²) in [6.45, 7) is 5.16. The standard InChI is InChI=1S/C30H30O6.C5H12O3/c1-3-5-13-21-15-7-9-17-23(21)27(31)35-29(33)25-19-11-12-20-26(25)30(34)36-28(32)24-18-10-8-16-22(24)14-6-4-2;1-5(2-6,3-7)4-8/h7-12,15-20H,3-6,13-14H2,1-2H3;6-8H,2-4H2,1H3. The highest BCUT2D eigenvalue weighted by Gasteiger charge is 2.25. The molecule has 0 aliphatic rings. The van der Waals surface area contributed by atoms with Crippen molar-refractivity contribution in [2.75, 3.05) is 19.8 Å². The van der Waals surface area contributed by atoms with Crippen LogP contribution in [0.1, 0.15) is 99.0 Å². The predicted octanol–water partition coefficient (Wildman–Crippen LogP) is 5.34. The predicted molar refractivity (Wildman–Crippen MR) is 165 cm³/mol. The lowest BCUT2D eigenvalue weighted by atomic mass is 9.95. The molecular formula is C35H42O9. The van der Waals surface area contributed by atoms with Crippen molar-refractivity contribution in [3.8, 4) is 0 Å². The number of rotatable bonds is 13. The van der Waals surface area contributed by atoms with Gasteiger partial charge in [0.15, 0.2) is 0 Å². The Balaban J connectivity index is 0.000000742. The maximum absolute atomic E-state index is 12.9. The Morgan fingerprint density at radius 1 is 0.545 bits per heavy atom. The lowest BCUT2D eigenvalue weighted by molar-refractivity contribution is 0.0200. The smallest absolute Gasteiger partial charge is 0.346 e. The minimum absolute atomic E-state index is 0.158. The van der Waals surface area contributed by atoms with Gasteiger partial charge in [-0.3, -0.25) is 0 Å². The molecule has 0 fully saturated rings. The van der Waals surface area contributed by atoms with E-state index in [1.54, 1.807) is 31.2 Å². The fourth-order valence-electron chi connectivity index (χ4n) is 3.99. The van der Waals surface area contributed by atoms with Gasteiger partial charge < -0.3 is 24.8 Å². The molecule has 3 aromatic rings. The highest BCUT2D eigenvalue weighted by Crippen LogP contribution is 2.19. The fourth-order valence-corrected chi connectivity index (χ4v) is 3.99. The first-order valence-corrected chi connectivity index (χ1v) is 14.7. The van der Waals surface area contributed by atoms with Crippen LogP contribution < -0.4 is 0 Å². The van der Waals surface area contributed by atoms with E-state index in [1.165, 1.54) is 24.3 Å². The van der Waals surface area contributed by atoms with Crippen LogP contribution in [-0.4, -0.2) is 59.0 Å². The molecule has 3 aromatic carbocycles. The van der Waals surface area contributed by atoms with Crippen LogP contribution in [-0.2, 0) is 22.3 Å². The Bertz CT molecular complexity index is 1290. The largest absolute Gasteiger partial charge is 0.396 e. The molecule has 0 saturated heterocycles. The van der Waals surface area contributed by atoms with Crippen LogP contribution in [0.4, 0.5) is 0 Å². The molecular weight excluding hydrogens is 564 g/mol. The zero-order valence-electron chi connectivity index (χ0n) is 25.6. The van der Waals surface area contributed by atoms with Gasteiger partial charge in [-0.25, -0.2) is 19.2 Å². The van der Waals surface area contributed by atoms with Crippen molar-refractivity contribution < 1.29 is 44.0 Å². The van der Waals surface area contributed by atoms with Crippen LogP contribution in [0, 0.1) is 5.41 Å². The summed E-state index contributed by atoms with van der Waals surface area (Å²) in [5.41, 5.74) is 1.16. The number of aliphatic hydroxyl groups is 3. The molecule has 3 rings (SSSR count). The van der Waals surface area contributed by atoms with Crippen LogP contribution in [0.5, 0.6) is 0 Å². The van der Waals surface area contributed by atoms with Gasteiger partial charge in [-0.1, -0.05) is 82.1 Å². The zero-order chi connectivity index (χ0) is 32.5. The van der Waals surface area contributed by atoms with Crippen LogP contribution in [0.2, 0.25) is 0 Å². The second-order valence-corrected chi connectivity index (χ2v) is 10.7. The van der Waals surface area contributed by atoms with Gasteiger partial charge in [-0.15, -0.1) is 0 Å². The number of benzene rings is 3. The summed E-state index contributed by atoms with van der Waals surface area (Å²) < 4.78 is 10.2. The Hall–Kier alpha value is -4.18. The SMILES string of the molecule is CC(CO)(CO)CO.CCCCc1ccccc1C(=O)OC(=O)c1ccccc1C(=O)OC(=O)c1ccccc1CCCC. The molecule has 0 aliphatic heterocycles. The number of aryl methyl sites for hydroxylation is 2. The summed E-state index contributed by atoms with van der Waals surface area (Å²) in [4.78, 5) is 51.3. The summed E-state index contributed by atoms with van der Waals surface area (Å²) in [6.07, 6.45) is 5.06. The first-order valence-electron chi connectivity index (χ1n) is 14.7. The van der Waals surface area contributed by atoms with E-state index >= 15 is 0 Å². The molecule has 9 nitrogen and oxygen atoms in total. The molecule has 0 bridgehead atoms. The van der Waals surface area contributed by atoms with Crippen molar-refractivity contribution >= 4 is 23.9 Å². The lowest BCUT2D eigenvalue weighted by Crippen LogP contribution is -2.29. The topological polar surface area (TPSA) is 147 Å². The lowest BCUT2D eigenvalue weighted by Gasteiger charge is -2.20. The van der Waals surface area contributed by atoms with Crippen LogP contribution in [0.3, 0.4) is 0 Å². The van der Waals surface area contributed by atoms with E-state index in [-0.39, 0.29) is 30.9 Å². The average Bonchev–Trinajstić information content (AvgIpc) is 3.06. The molecule has 0 unspecified atom stereocenters. The van der Waals surface area contributed by atoms with Gasteiger partial charge in [0.25, 0.3) is 0 Å². The van der Waals surface area contributed by atoms with Gasteiger partial charge >= 0.3 is 23.9 Å². The molecule has 0 atom stereocenters. The summed E-state index contributed by atoms with van der Waals surface area (Å²) in [5, 5.41) is 25.4. The second-order valence-electron chi connectivity index (χ2n) is 10.7. The molecule has 0 heterocycles. The number of carbonyl (C=O) groups excluding carboxylic acids is 4. The molecule has 0 aliphatic carbocycles. The minimum atomic E-state index is -0.992. The Morgan fingerprint density at radius 3 is 1.14 bits per heavy atom. The molecule has 0 amide bonds. The van der Waals surface area contributed by atoms with Crippen molar-refractivity contribution in [2.24, 2.45) is 5.41 Å². The third-order valence-corrected chi connectivity index (χ3v) is 6.96. The first-order chi connectivity index (χ1) is 21.1. The van der Waals surface area contributed by atoms with Gasteiger partial charge in [0.2, 0.25) is 0 Å². The maximum atomic E-state index is 12.9. The Labute approximate surface area is 258 Å². The van der Waals surface area contributed by atoms with Crippen LogP contribution in [0.15, 0.2) is 72.8 Å². The van der Waals surface area contributed by atoms with Crippen molar-refractivity contribution in [3.05, 3.63) is 106 Å². The number of hydrogen-bond acceptors (Lipinski definition) is 9. The number of carbonyl (C=O) groups is 4. The van der Waals surface area contributed by atoms with E-state index < -0.39 is 29.3 Å². The van der Waals surface area contributed by atoms with Gasteiger partial charge in [0.05, 0.1) is 42.1 Å². The van der Waals surface area contributed by atoms with Gasteiger partial charge in [0, 0.05) is 5.41 Å². The minimum Gasteiger partial charge on any atom is -0.396 e. The van der Waals surface area contributed by atoms with Crippen molar-refractivity contribution in [2.45, 2.75) is 59.3 Å². The van der Waals surface area contributed by atoms with Gasteiger partial charge in [-0.2, -0.15) is 0 Å². The Morgan fingerprint density at radius 2 is 0.841 bits per heavy atom. The molecule has 0 spiro atoms. The molecule has 9 heteroatoms. The van der Waals surface area contributed by atoms with E-state index in [1.807, 2.05) is 24.3 Å². The molecule has 44 heavy (non-hydrogen) atoms. The normalized spacial score (nSPS) is 10.8. The van der Waals surface area contributed by atoms with Gasteiger partial charge in [0.1, 0.15) is 0 Å². The molecule has 236 valence electrons. The fraction of sp³-hybridized carbons (Fsp3) is 0.371. The number of aliphatic hydroxyl groups excluding tert-OH is 3. The highest BCUT2D eigenvalue weighted by molar-refractivity contribution is 6.11. The Kier molecular flexibility index (Phi) is 15.1. The molecule has 0 radical (unpaired) electrons. The zero-order valence-corrected chi connectivity index (χ0v) is 25.6. The van der Waals surface area contributed by atoms with Crippen molar-refractivity contribution in [1.29, 1.82) is 0 Å². The third kappa shape index (κ3) is 10.5. The van der Waals surface area contributed by atoms with Gasteiger partial charge in [-0.05, 0) is 61.1 Å². The first kappa shape index (κ1) is 36.0. The summed E-state index contributed by atoms with van der Waals surface area (Å²) in [6, 6.07) is 19.7. The van der Waals surface area contributed by atoms with Crippen molar-refractivity contribution in [3.63, 3.8) is 0 Å². The van der Waals surface area contributed by atoms with Crippen LogP contribution >= 0.6 is 0 Å². The molecule has 0 saturated carbocycles. The number of ether oxygens (including phenoxy) is 2. The summed E-state index contributed by atoms with van der Waals surface area (Å²) >= 11 is 0. The summed E-state index contributed by atoms with van der Waals surface area (Å²) in [5.74, 6) is -3.58. The van der Waals surface area contributed by atoms with Crippen molar-refractivity contribution in [1.82, 2.24) is 0 Å². The molecule has 0 aromatic heterocycles. The van der Waals surface area contributed by atoms with E-state index in [9.17, 15) is 19.2 Å². The van der Waals surface area contributed by atoms with E-state index in [0.717, 1.165) is 36.8 Å². The maximum Gasteiger partial charge on any atom is 0.346 e. The van der Waals surface area contributed by atoms with E-state index in [0.29, 0.717) is 24.0 Å². The highest BCUT2D eigenvalue weighted by atomic mass is 16.6. The number of unbranched alkanes of at least 4 members (excludes halogenated alkanes) is 2. The number of esters is 4.